The van der Waals surface area contributed by atoms with Gasteiger partial charge in [-0.3, -0.25) is 4.79 Å². The molecule has 4 nitrogen and oxygen atoms in total. The molecule has 0 atom stereocenters. The number of ether oxygens (including phenoxy) is 1. The second-order valence-corrected chi connectivity index (χ2v) is 6.00. The lowest BCUT2D eigenvalue weighted by Crippen LogP contribution is -2.22. The Morgan fingerprint density at radius 3 is 2.75 bits per heavy atom. The van der Waals surface area contributed by atoms with Gasteiger partial charge in [0.25, 0.3) is 0 Å². The van der Waals surface area contributed by atoms with Gasteiger partial charge in [0.2, 0.25) is 5.91 Å². The average Bonchev–Trinajstić information content (AvgIpc) is 2.57. The highest BCUT2D eigenvalue weighted by Crippen LogP contribution is 2.24. The molecule has 0 aliphatic rings. The fraction of sp³-hybridized carbons (Fsp3) is 0.316. The van der Waals surface area contributed by atoms with Crippen LogP contribution < -0.4 is 15.4 Å². The predicted molar refractivity (Wildman–Crippen MR) is 100 cm³/mol. The van der Waals surface area contributed by atoms with Gasteiger partial charge in [-0.15, -0.1) is 0 Å². The van der Waals surface area contributed by atoms with Crippen LogP contribution >= 0.6 is 11.6 Å². The first kappa shape index (κ1) is 18.1. The minimum Gasteiger partial charge on any atom is -0.491 e. The molecule has 0 bridgehead atoms. The summed E-state index contributed by atoms with van der Waals surface area (Å²) in [6.07, 6.45) is 2.05. The Bertz CT molecular complexity index is 689. The first-order valence-corrected chi connectivity index (χ1v) is 8.49. The molecule has 0 unspecified atom stereocenters. The largest absolute Gasteiger partial charge is 0.491 e. The van der Waals surface area contributed by atoms with Gasteiger partial charge >= 0.3 is 0 Å². The molecule has 24 heavy (non-hydrogen) atoms. The summed E-state index contributed by atoms with van der Waals surface area (Å²) in [7, 11) is 0. The Morgan fingerprint density at radius 2 is 1.96 bits per heavy atom. The summed E-state index contributed by atoms with van der Waals surface area (Å²) in [6.45, 7) is 4.88. The average molecular weight is 347 g/mol. The molecule has 0 aromatic heterocycles. The summed E-state index contributed by atoms with van der Waals surface area (Å²) in [5, 5.41) is 6.63. The zero-order valence-corrected chi connectivity index (χ0v) is 14.8. The van der Waals surface area contributed by atoms with Crippen molar-refractivity contribution in [1.29, 1.82) is 0 Å². The third-order valence-corrected chi connectivity index (χ3v) is 3.79. The molecule has 0 saturated carbocycles. The summed E-state index contributed by atoms with van der Waals surface area (Å²) in [6, 6.07) is 13.0. The Hall–Kier alpha value is -2.20. The van der Waals surface area contributed by atoms with Crippen LogP contribution in [0.4, 0.5) is 11.4 Å². The summed E-state index contributed by atoms with van der Waals surface area (Å²) < 4.78 is 5.72. The number of amides is 1. The quantitative estimate of drug-likeness (QED) is 0.670. The third kappa shape index (κ3) is 5.46. The number of nitrogens with one attached hydrogen (secondary N) is 2. The van der Waals surface area contributed by atoms with E-state index in [0.29, 0.717) is 23.1 Å². The Kier molecular flexibility index (Phi) is 6.94. The van der Waals surface area contributed by atoms with Crippen molar-refractivity contribution in [3.63, 3.8) is 0 Å². The van der Waals surface area contributed by atoms with E-state index in [-0.39, 0.29) is 12.5 Å². The third-order valence-electron chi connectivity index (χ3n) is 3.56. The van der Waals surface area contributed by atoms with Crippen LogP contribution in [-0.4, -0.2) is 19.1 Å². The lowest BCUT2D eigenvalue weighted by Gasteiger charge is -2.13. The lowest BCUT2D eigenvalue weighted by molar-refractivity contribution is -0.114. The van der Waals surface area contributed by atoms with Crippen molar-refractivity contribution in [1.82, 2.24) is 0 Å². The van der Waals surface area contributed by atoms with Crippen LogP contribution in [0.3, 0.4) is 0 Å². The second-order valence-electron chi connectivity index (χ2n) is 5.56. The number of aryl methyl sites for hydroxylation is 1. The van der Waals surface area contributed by atoms with Crippen LogP contribution in [0.25, 0.3) is 0 Å². The molecule has 1 amide bonds. The highest BCUT2D eigenvalue weighted by molar-refractivity contribution is 6.30. The number of carbonyl (C=O) groups excluding carboxylic acids is 1. The van der Waals surface area contributed by atoms with Crippen molar-refractivity contribution >= 4 is 28.9 Å². The monoisotopic (exact) mass is 346 g/mol. The van der Waals surface area contributed by atoms with Crippen LogP contribution in [-0.2, 0) is 4.79 Å². The number of unbranched alkanes of at least 4 members (excludes halogenated alkanes) is 1. The maximum Gasteiger partial charge on any atom is 0.243 e. The Morgan fingerprint density at radius 1 is 1.17 bits per heavy atom. The first-order chi connectivity index (χ1) is 11.6. The van der Waals surface area contributed by atoms with Gasteiger partial charge in [-0.1, -0.05) is 43.1 Å². The minimum atomic E-state index is -0.138. The molecule has 5 heteroatoms. The summed E-state index contributed by atoms with van der Waals surface area (Å²) in [5.41, 5.74) is 2.57. The number of para-hydroxylation sites is 2. The van der Waals surface area contributed by atoms with Crippen molar-refractivity contribution in [3.8, 4) is 5.75 Å². The molecule has 0 heterocycles. The zero-order chi connectivity index (χ0) is 17.4. The summed E-state index contributed by atoms with van der Waals surface area (Å²) in [5.74, 6) is 0.555. The SMILES string of the molecule is CCCCOc1ccccc1NC(=O)CNc1cc(Cl)ccc1C. The topological polar surface area (TPSA) is 50.4 Å². The summed E-state index contributed by atoms with van der Waals surface area (Å²) in [4.78, 5) is 12.2. The van der Waals surface area contributed by atoms with Crippen LogP contribution in [0.15, 0.2) is 42.5 Å². The van der Waals surface area contributed by atoms with E-state index in [2.05, 4.69) is 17.6 Å². The number of hydrogen-bond donors (Lipinski definition) is 2. The lowest BCUT2D eigenvalue weighted by atomic mass is 10.2. The van der Waals surface area contributed by atoms with Crippen molar-refractivity contribution in [2.75, 3.05) is 23.8 Å². The number of rotatable bonds is 8. The van der Waals surface area contributed by atoms with Crippen LogP contribution in [0, 0.1) is 6.92 Å². The van der Waals surface area contributed by atoms with Crippen molar-refractivity contribution < 1.29 is 9.53 Å². The van der Waals surface area contributed by atoms with Gasteiger partial charge in [0.05, 0.1) is 18.8 Å². The fourth-order valence-corrected chi connectivity index (χ4v) is 2.35. The molecular weight excluding hydrogens is 324 g/mol. The Balaban J connectivity index is 1.93. The molecule has 0 fully saturated rings. The van der Waals surface area contributed by atoms with Crippen molar-refractivity contribution in [3.05, 3.63) is 53.1 Å². The maximum atomic E-state index is 12.2. The number of anilines is 2. The molecule has 2 aromatic carbocycles. The maximum absolute atomic E-state index is 12.2. The molecular formula is C19H23ClN2O2. The smallest absolute Gasteiger partial charge is 0.243 e. The number of halogens is 1. The Labute approximate surface area is 148 Å². The van der Waals surface area contributed by atoms with E-state index in [9.17, 15) is 4.79 Å². The van der Waals surface area contributed by atoms with Crippen LogP contribution in [0.5, 0.6) is 5.75 Å². The number of benzene rings is 2. The van der Waals surface area contributed by atoms with E-state index in [4.69, 9.17) is 16.3 Å². The molecule has 0 spiro atoms. The van der Waals surface area contributed by atoms with E-state index < -0.39 is 0 Å². The van der Waals surface area contributed by atoms with E-state index in [1.807, 2.05) is 49.4 Å². The normalized spacial score (nSPS) is 10.3. The van der Waals surface area contributed by atoms with E-state index >= 15 is 0 Å². The highest BCUT2D eigenvalue weighted by Gasteiger charge is 2.08. The second kappa shape index (κ2) is 9.18. The first-order valence-electron chi connectivity index (χ1n) is 8.12. The van der Waals surface area contributed by atoms with E-state index in [1.54, 1.807) is 0 Å². The van der Waals surface area contributed by atoms with Gasteiger partial charge in [0, 0.05) is 10.7 Å². The van der Waals surface area contributed by atoms with Gasteiger partial charge < -0.3 is 15.4 Å². The number of hydrogen-bond acceptors (Lipinski definition) is 3. The van der Waals surface area contributed by atoms with E-state index in [0.717, 1.165) is 24.1 Å². The van der Waals surface area contributed by atoms with Crippen LogP contribution in [0.1, 0.15) is 25.3 Å². The van der Waals surface area contributed by atoms with Gasteiger partial charge in [0.1, 0.15) is 5.75 Å². The molecule has 0 aliphatic carbocycles. The van der Waals surface area contributed by atoms with Gasteiger partial charge in [-0.25, -0.2) is 0 Å². The van der Waals surface area contributed by atoms with Gasteiger partial charge in [-0.05, 0) is 43.2 Å². The van der Waals surface area contributed by atoms with Crippen molar-refractivity contribution in [2.24, 2.45) is 0 Å². The fourth-order valence-electron chi connectivity index (χ4n) is 2.18. The van der Waals surface area contributed by atoms with Crippen molar-refractivity contribution in [2.45, 2.75) is 26.7 Å². The highest BCUT2D eigenvalue weighted by atomic mass is 35.5. The van der Waals surface area contributed by atoms with Crippen LogP contribution in [0.2, 0.25) is 5.02 Å². The summed E-state index contributed by atoms with van der Waals surface area (Å²) >= 11 is 5.99. The molecule has 0 aliphatic heterocycles. The zero-order valence-electron chi connectivity index (χ0n) is 14.1. The number of carbonyl (C=O) groups is 1. The van der Waals surface area contributed by atoms with Gasteiger partial charge in [-0.2, -0.15) is 0 Å². The molecule has 0 saturated heterocycles. The standard InChI is InChI=1S/C19H23ClN2O2/c1-3-4-11-24-18-8-6-5-7-16(18)22-19(23)13-21-17-12-15(20)10-9-14(17)2/h5-10,12,21H,3-4,11,13H2,1-2H3,(H,22,23). The molecule has 128 valence electrons. The minimum absolute atomic E-state index is 0.138. The molecule has 2 rings (SSSR count). The van der Waals surface area contributed by atoms with E-state index in [1.165, 1.54) is 0 Å². The molecule has 2 N–H and O–H groups in total. The predicted octanol–water partition coefficient (Wildman–Crippen LogP) is 4.88. The molecule has 2 aromatic rings. The molecule has 0 radical (unpaired) electrons. The van der Waals surface area contributed by atoms with Gasteiger partial charge in [0.15, 0.2) is 0 Å².